The monoisotopic (exact) mass is 271 g/mol. The van der Waals surface area contributed by atoms with Crippen LogP contribution in [0.25, 0.3) is 6.08 Å². The second kappa shape index (κ2) is 6.55. The quantitative estimate of drug-likeness (QED) is 0.848. The van der Waals surface area contributed by atoms with Crippen LogP contribution < -0.4 is 9.80 Å². The van der Waals surface area contributed by atoms with Gasteiger partial charge in [-0.05, 0) is 30.2 Å². The maximum absolute atomic E-state index is 8.95. The molecule has 1 heterocycles. The van der Waals surface area contributed by atoms with Crippen LogP contribution >= 0.6 is 0 Å². The number of anilines is 1. The van der Waals surface area contributed by atoms with Crippen LogP contribution in [0.15, 0.2) is 53.9 Å². The van der Waals surface area contributed by atoms with Crippen LogP contribution in [0.4, 0.5) is 5.69 Å². The molecule has 3 heteroatoms. The highest BCUT2D eigenvalue weighted by atomic mass is 16.3. The zero-order chi connectivity index (χ0) is 14.5. The van der Waals surface area contributed by atoms with E-state index < -0.39 is 0 Å². The van der Waals surface area contributed by atoms with Gasteiger partial charge in [-0.15, -0.1) is 0 Å². The summed E-state index contributed by atoms with van der Waals surface area (Å²) in [5.74, 6) is 0. The summed E-state index contributed by atoms with van der Waals surface area (Å²) in [6.07, 6.45) is 8.54. The average molecular weight is 271 g/mol. The Morgan fingerprint density at radius 3 is 2.55 bits per heavy atom. The first-order valence-corrected chi connectivity index (χ1v) is 6.92. The van der Waals surface area contributed by atoms with E-state index in [-0.39, 0.29) is 6.61 Å². The van der Waals surface area contributed by atoms with Gasteiger partial charge in [-0.1, -0.05) is 18.2 Å². The Labute approximate surface area is 121 Å². The van der Waals surface area contributed by atoms with Gasteiger partial charge < -0.3 is 10.0 Å². The molecule has 1 aromatic carbocycles. The summed E-state index contributed by atoms with van der Waals surface area (Å²) >= 11 is 0. The van der Waals surface area contributed by atoms with Gasteiger partial charge in [0.05, 0.1) is 12.8 Å². The Kier molecular flexibility index (Phi) is 4.77. The highest BCUT2D eigenvalue weighted by molar-refractivity contribution is 5.62. The number of allylic oxidation sites excluding steroid dienone is 3. The molecule has 0 radical (unpaired) electrons. The van der Waals surface area contributed by atoms with Gasteiger partial charge in [-0.25, -0.2) is 0 Å². The van der Waals surface area contributed by atoms with Crippen molar-refractivity contribution in [3.8, 4) is 0 Å². The second-order valence-electron chi connectivity index (χ2n) is 5.29. The lowest BCUT2D eigenvalue weighted by Gasteiger charge is -2.12. The SMILES string of the molecule is C/C(=C\c1ccc(N(C)C)cc1)C1=C[NH+](CCO)C=C1. The summed E-state index contributed by atoms with van der Waals surface area (Å²) in [5, 5.41) is 8.95. The molecule has 3 nitrogen and oxygen atoms in total. The van der Waals surface area contributed by atoms with Crippen LogP contribution in [0.3, 0.4) is 0 Å². The van der Waals surface area contributed by atoms with Crippen molar-refractivity contribution < 1.29 is 10.0 Å². The molecule has 0 spiro atoms. The standard InChI is InChI=1S/C17H22N2O/c1-14(16-8-9-19(13-16)10-11-20)12-15-4-6-17(7-5-15)18(2)3/h4-9,12-13,20H,10-11H2,1-3H3/p+1/b14-12+. The molecule has 1 aliphatic rings. The molecule has 2 rings (SSSR count). The normalized spacial score (nSPS) is 18.3. The Morgan fingerprint density at radius 1 is 1.25 bits per heavy atom. The minimum atomic E-state index is 0.207. The van der Waals surface area contributed by atoms with Gasteiger partial charge in [-0.2, -0.15) is 0 Å². The lowest BCUT2D eigenvalue weighted by atomic mass is 10.1. The molecular weight excluding hydrogens is 248 g/mol. The zero-order valence-corrected chi connectivity index (χ0v) is 12.4. The van der Waals surface area contributed by atoms with E-state index in [1.54, 1.807) is 0 Å². The van der Waals surface area contributed by atoms with Crippen molar-refractivity contribution in [3.05, 3.63) is 59.5 Å². The van der Waals surface area contributed by atoms with Gasteiger partial charge in [0.25, 0.3) is 0 Å². The van der Waals surface area contributed by atoms with E-state index in [9.17, 15) is 0 Å². The summed E-state index contributed by atoms with van der Waals surface area (Å²) in [4.78, 5) is 3.29. The van der Waals surface area contributed by atoms with E-state index in [2.05, 4.69) is 60.6 Å². The fraction of sp³-hybridized carbons (Fsp3) is 0.294. The number of hydrogen-bond acceptors (Lipinski definition) is 2. The molecule has 0 bridgehead atoms. The Balaban J connectivity index is 2.11. The molecular formula is C17H23N2O+. The second-order valence-corrected chi connectivity index (χ2v) is 5.29. The molecule has 0 aliphatic carbocycles. The van der Waals surface area contributed by atoms with Gasteiger partial charge in [0, 0.05) is 31.4 Å². The average Bonchev–Trinajstić information content (AvgIpc) is 2.88. The largest absolute Gasteiger partial charge is 0.390 e. The van der Waals surface area contributed by atoms with Crippen molar-refractivity contribution in [2.75, 3.05) is 32.1 Å². The molecule has 0 fully saturated rings. The fourth-order valence-corrected chi connectivity index (χ4v) is 2.22. The highest BCUT2D eigenvalue weighted by Crippen LogP contribution is 2.18. The first kappa shape index (κ1) is 14.6. The minimum absolute atomic E-state index is 0.207. The van der Waals surface area contributed by atoms with Crippen molar-refractivity contribution in [2.45, 2.75) is 6.92 Å². The van der Waals surface area contributed by atoms with Gasteiger partial charge in [0.1, 0.15) is 12.7 Å². The summed E-state index contributed by atoms with van der Waals surface area (Å²) in [5.41, 5.74) is 4.88. The van der Waals surface area contributed by atoms with Gasteiger partial charge in [0.15, 0.2) is 0 Å². The van der Waals surface area contributed by atoms with Crippen LogP contribution in [0.5, 0.6) is 0 Å². The number of aliphatic hydroxyl groups is 1. The van der Waals surface area contributed by atoms with Gasteiger partial charge in [0.2, 0.25) is 0 Å². The summed E-state index contributed by atoms with van der Waals surface area (Å²) in [7, 11) is 4.09. The molecule has 1 aliphatic heterocycles. The number of rotatable bonds is 5. The Bertz CT molecular complexity index is 539. The fourth-order valence-electron chi connectivity index (χ4n) is 2.22. The number of hydrogen-bond donors (Lipinski definition) is 2. The summed E-state index contributed by atoms with van der Waals surface area (Å²) < 4.78 is 0. The highest BCUT2D eigenvalue weighted by Gasteiger charge is 2.11. The minimum Gasteiger partial charge on any atom is -0.390 e. The number of aliphatic hydroxyl groups excluding tert-OH is 1. The molecule has 0 saturated heterocycles. The lowest BCUT2D eigenvalue weighted by molar-refractivity contribution is -0.788. The van der Waals surface area contributed by atoms with Crippen LogP contribution in [-0.2, 0) is 0 Å². The number of nitrogens with one attached hydrogen (secondary N) is 1. The first-order valence-electron chi connectivity index (χ1n) is 6.92. The van der Waals surface area contributed by atoms with Crippen molar-refractivity contribution in [2.24, 2.45) is 0 Å². The van der Waals surface area contributed by atoms with E-state index in [4.69, 9.17) is 5.11 Å². The molecule has 0 saturated carbocycles. The number of quaternary nitrogens is 1. The topological polar surface area (TPSA) is 27.9 Å². The molecule has 20 heavy (non-hydrogen) atoms. The van der Waals surface area contributed by atoms with Crippen molar-refractivity contribution in [3.63, 3.8) is 0 Å². The molecule has 106 valence electrons. The van der Waals surface area contributed by atoms with E-state index in [0.717, 1.165) is 6.54 Å². The van der Waals surface area contributed by atoms with Crippen LogP contribution in [0, 0.1) is 0 Å². The first-order chi connectivity index (χ1) is 9.60. The predicted molar refractivity (Wildman–Crippen MR) is 84.6 cm³/mol. The predicted octanol–water partition coefficient (Wildman–Crippen LogP) is 1.44. The Hall–Kier alpha value is -1.84. The van der Waals surface area contributed by atoms with E-state index in [1.807, 2.05) is 14.1 Å². The van der Waals surface area contributed by atoms with Crippen molar-refractivity contribution >= 4 is 11.8 Å². The summed E-state index contributed by atoms with van der Waals surface area (Å²) in [6, 6.07) is 8.52. The van der Waals surface area contributed by atoms with E-state index in [0.29, 0.717) is 0 Å². The zero-order valence-electron chi connectivity index (χ0n) is 12.4. The molecule has 0 amide bonds. The molecule has 1 atom stereocenters. The summed E-state index contributed by atoms with van der Waals surface area (Å²) in [6.45, 7) is 3.06. The van der Waals surface area contributed by atoms with Gasteiger partial charge in [-0.3, -0.25) is 4.90 Å². The number of nitrogens with zero attached hydrogens (tertiary/aromatic N) is 1. The smallest absolute Gasteiger partial charge is 0.109 e. The van der Waals surface area contributed by atoms with Crippen LogP contribution in [-0.4, -0.2) is 32.4 Å². The number of benzene rings is 1. The van der Waals surface area contributed by atoms with E-state index >= 15 is 0 Å². The van der Waals surface area contributed by atoms with Crippen LogP contribution in [0.1, 0.15) is 12.5 Å². The molecule has 1 aromatic rings. The molecule has 2 N–H and O–H groups in total. The van der Waals surface area contributed by atoms with Crippen molar-refractivity contribution in [1.29, 1.82) is 0 Å². The molecule has 0 aromatic heterocycles. The Morgan fingerprint density at radius 2 is 1.95 bits per heavy atom. The van der Waals surface area contributed by atoms with Gasteiger partial charge >= 0.3 is 0 Å². The maximum Gasteiger partial charge on any atom is 0.109 e. The third-order valence-corrected chi connectivity index (χ3v) is 3.47. The lowest BCUT2D eigenvalue weighted by Crippen LogP contribution is -3.02. The third kappa shape index (κ3) is 3.59. The van der Waals surface area contributed by atoms with E-state index in [1.165, 1.54) is 27.3 Å². The van der Waals surface area contributed by atoms with Crippen molar-refractivity contribution in [1.82, 2.24) is 0 Å². The molecule has 1 unspecified atom stereocenters. The third-order valence-electron chi connectivity index (χ3n) is 3.47. The van der Waals surface area contributed by atoms with Crippen LogP contribution in [0.2, 0.25) is 0 Å². The maximum atomic E-state index is 8.95.